The molecule has 0 nitrogen and oxygen atoms in total. The van der Waals surface area contributed by atoms with E-state index in [1.54, 1.807) is 0 Å². The van der Waals surface area contributed by atoms with Crippen molar-refractivity contribution >= 4 is 0 Å². The first kappa shape index (κ1) is 7.20. The lowest BCUT2D eigenvalue weighted by atomic mass is 10.0. The molecular formula is C10H13-. The first-order chi connectivity index (χ1) is 4.84. The van der Waals surface area contributed by atoms with Crippen molar-refractivity contribution < 1.29 is 0 Å². The normalized spacial score (nSPS) is 12.9. The Labute approximate surface area is 62.6 Å². The molecule has 0 aromatic heterocycles. The van der Waals surface area contributed by atoms with Gasteiger partial charge >= 0.3 is 0 Å². The Hall–Kier alpha value is -0.910. The summed E-state index contributed by atoms with van der Waals surface area (Å²) in [7, 11) is 0. The molecule has 0 amide bonds. The molecule has 10 heavy (non-hydrogen) atoms. The van der Waals surface area contributed by atoms with Gasteiger partial charge in [0.2, 0.25) is 0 Å². The molecule has 0 aliphatic heterocycles. The number of allylic oxidation sites excluding steroid dienone is 1. The van der Waals surface area contributed by atoms with Crippen LogP contribution in [0.4, 0.5) is 0 Å². The number of hydrogen-bond acceptors (Lipinski definition) is 0. The minimum atomic E-state index is 0.632. The smallest absolute Gasteiger partial charge is 0.0307 e. The molecule has 0 saturated heterocycles. The Morgan fingerprint density at radius 3 is 3.10 bits per heavy atom. The molecule has 0 heteroatoms. The van der Waals surface area contributed by atoms with E-state index in [4.69, 9.17) is 0 Å². The average Bonchev–Trinajstić information content (AvgIpc) is 2.38. The molecule has 0 spiro atoms. The van der Waals surface area contributed by atoms with Gasteiger partial charge in [0.1, 0.15) is 0 Å². The highest BCUT2D eigenvalue weighted by Gasteiger charge is 1.95. The lowest BCUT2D eigenvalue weighted by molar-refractivity contribution is 0.785. The van der Waals surface area contributed by atoms with Gasteiger partial charge in [0.25, 0.3) is 0 Å². The van der Waals surface area contributed by atoms with Gasteiger partial charge in [-0.25, -0.2) is 12.1 Å². The van der Waals surface area contributed by atoms with Crippen LogP contribution in [0.3, 0.4) is 0 Å². The minimum absolute atomic E-state index is 0.632. The number of hydrogen-bond donors (Lipinski definition) is 0. The maximum atomic E-state index is 3.71. The predicted octanol–water partition coefficient (Wildman–Crippen LogP) is 3.09. The first-order valence-corrected chi connectivity index (χ1v) is 3.67. The summed E-state index contributed by atoms with van der Waals surface area (Å²) >= 11 is 0. The van der Waals surface area contributed by atoms with E-state index in [0.717, 1.165) is 6.42 Å². The molecule has 0 bridgehead atoms. The minimum Gasteiger partial charge on any atom is -0.213 e. The van der Waals surface area contributed by atoms with Crippen molar-refractivity contribution in [1.29, 1.82) is 0 Å². The Morgan fingerprint density at radius 1 is 1.80 bits per heavy atom. The van der Waals surface area contributed by atoms with Crippen LogP contribution >= 0.6 is 0 Å². The van der Waals surface area contributed by atoms with E-state index in [-0.39, 0.29) is 0 Å². The zero-order valence-electron chi connectivity index (χ0n) is 6.38. The van der Waals surface area contributed by atoms with Crippen LogP contribution in [0.2, 0.25) is 0 Å². The summed E-state index contributed by atoms with van der Waals surface area (Å²) in [6.45, 7) is 5.93. The second-order valence-electron chi connectivity index (χ2n) is 2.64. The summed E-state index contributed by atoms with van der Waals surface area (Å²) in [4.78, 5) is 0. The fourth-order valence-electron chi connectivity index (χ4n) is 1.10. The van der Waals surface area contributed by atoms with E-state index in [1.165, 1.54) is 5.56 Å². The molecule has 0 N–H and O–H groups in total. The van der Waals surface area contributed by atoms with Crippen LogP contribution in [-0.4, -0.2) is 0 Å². The third kappa shape index (κ3) is 1.53. The Balaban J connectivity index is 2.58. The van der Waals surface area contributed by atoms with Crippen molar-refractivity contribution in [1.82, 2.24) is 0 Å². The van der Waals surface area contributed by atoms with Crippen LogP contribution in [0.5, 0.6) is 0 Å². The number of rotatable bonds is 3. The topological polar surface area (TPSA) is 0 Å². The van der Waals surface area contributed by atoms with Gasteiger partial charge in [-0.1, -0.05) is 13.0 Å². The molecule has 0 radical (unpaired) electrons. The van der Waals surface area contributed by atoms with E-state index in [2.05, 4.69) is 37.8 Å². The standard InChI is InChI=1S/C10H13/c1-3-6-9(2)10-7-4-5-8-10/h3-5,7-9H,1,6H2,2H3/q-1. The third-order valence-corrected chi connectivity index (χ3v) is 1.78. The first-order valence-electron chi connectivity index (χ1n) is 3.67. The van der Waals surface area contributed by atoms with E-state index in [9.17, 15) is 0 Å². The highest BCUT2D eigenvalue weighted by atomic mass is 14.1. The summed E-state index contributed by atoms with van der Waals surface area (Å²) in [5, 5.41) is 0. The molecule has 1 aromatic rings. The van der Waals surface area contributed by atoms with Gasteiger partial charge in [0, 0.05) is 0 Å². The quantitative estimate of drug-likeness (QED) is 0.439. The van der Waals surface area contributed by atoms with Gasteiger partial charge in [-0.15, -0.1) is 6.58 Å². The second kappa shape index (κ2) is 3.31. The Bertz CT molecular complexity index is 182. The molecule has 0 fully saturated rings. The third-order valence-electron chi connectivity index (χ3n) is 1.78. The molecular weight excluding hydrogens is 120 g/mol. The van der Waals surface area contributed by atoms with Crippen molar-refractivity contribution in [2.24, 2.45) is 0 Å². The summed E-state index contributed by atoms with van der Waals surface area (Å²) in [5.74, 6) is 0.632. The van der Waals surface area contributed by atoms with E-state index in [0.29, 0.717) is 5.92 Å². The maximum Gasteiger partial charge on any atom is -0.0307 e. The highest BCUT2D eigenvalue weighted by molar-refractivity contribution is 5.20. The largest absolute Gasteiger partial charge is 0.213 e. The molecule has 1 rings (SSSR count). The Morgan fingerprint density at radius 2 is 2.60 bits per heavy atom. The van der Waals surface area contributed by atoms with Crippen LogP contribution in [0, 0.1) is 0 Å². The molecule has 0 heterocycles. The van der Waals surface area contributed by atoms with Gasteiger partial charge in [-0.2, -0.15) is 17.7 Å². The van der Waals surface area contributed by atoms with Gasteiger partial charge in [0.05, 0.1) is 0 Å². The SMILES string of the molecule is C=CCC(C)c1ccc[cH-]1. The molecule has 0 aliphatic carbocycles. The molecule has 1 aromatic carbocycles. The molecule has 54 valence electrons. The van der Waals surface area contributed by atoms with Crippen molar-refractivity contribution in [2.45, 2.75) is 19.3 Å². The predicted molar refractivity (Wildman–Crippen MR) is 45.3 cm³/mol. The van der Waals surface area contributed by atoms with E-state index < -0.39 is 0 Å². The zero-order valence-corrected chi connectivity index (χ0v) is 6.38. The fraction of sp³-hybridized carbons (Fsp3) is 0.300. The lowest BCUT2D eigenvalue weighted by Gasteiger charge is -2.09. The van der Waals surface area contributed by atoms with Crippen LogP contribution in [0.25, 0.3) is 0 Å². The van der Waals surface area contributed by atoms with Crippen LogP contribution in [-0.2, 0) is 0 Å². The second-order valence-corrected chi connectivity index (χ2v) is 2.64. The fourth-order valence-corrected chi connectivity index (χ4v) is 1.10. The van der Waals surface area contributed by atoms with Gasteiger partial charge in [0.15, 0.2) is 0 Å². The molecule has 1 atom stereocenters. The van der Waals surface area contributed by atoms with Crippen LogP contribution < -0.4 is 0 Å². The van der Waals surface area contributed by atoms with Gasteiger partial charge in [-0.3, -0.25) is 0 Å². The maximum absolute atomic E-state index is 3.71. The van der Waals surface area contributed by atoms with E-state index in [1.807, 2.05) is 6.08 Å². The summed E-state index contributed by atoms with van der Waals surface area (Å²) in [6.07, 6.45) is 3.04. The zero-order chi connectivity index (χ0) is 7.40. The van der Waals surface area contributed by atoms with Crippen molar-refractivity contribution in [3.8, 4) is 0 Å². The molecule has 0 aliphatic rings. The summed E-state index contributed by atoms with van der Waals surface area (Å²) in [5.41, 5.74) is 1.42. The van der Waals surface area contributed by atoms with Crippen molar-refractivity contribution in [2.75, 3.05) is 0 Å². The van der Waals surface area contributed by atoms with Crippen LogP contribution in [0.15, 0.2) is 36.9 Å². The van der Waals surface area contributed by atoms with Crippen molar-refractivity contribution in [3.63, 3.8) is 0 Å². The summed E-state index contributed by atoms with van der Waals surface area (Å²) < 4.78 is 0. The van der Waals surface area contributed by atoms with Crippen LogP contribution in [0.1, 0.15) is 24.8 Å². The molecule has 0 saturated carbocycles. The van der Waals surface area contributed by atoms with E-state index >= 15 is 0 Å². The monoisotopic (exact) mass is 133 g/mol. The van der Waals surface area contributed by atoms with Crippen molar-refractivity contribution in [3.05, 3.63) is 42.5 Å². The lowest BCUT2D eigenvalue weighted by Crippen LogP contribution is -1.86. The molecule has 1 unspecified atom stereocenters. The van der Waals surface area contributed by atoms with Gasteiger partial charge in [-0.05, 0) is 12.3 Å². The highest BCUT2D eigenvalue weighted by Crippen LogP contribution is 2.18. The summed E-state index contributed by atoms with van der Waals surface area (Å²) in [6, 6.07) is 8.48. The average molecular weight is 133 g/mol. The Kier molecular flexibility index (Phi) is 2.38. The van der Waals surface area contributed by atoms with Gasteiger partial charge < -0.3 is 0 Å².